The number of carbonyl (C=O) groups is 1. The van der Waals surface area contributed by atoms with Gasteiger partial charge in [0.25, 0.3) is 12.3 Å². The normalized spacial score (nSPS) is 14.9. The first-order chi connectivity index (χ1) is 17.4. The zero-order chi connectivity index (χ0) is 25.2. The molecule has 2 aromatic carbocycles. The summed E-state index contributed by atoms with van der Waals surface area (Å²) < 4.78 is 45.8. The van der Waals surface area contributed by atoms with Crippen LogP contribution in [-0.2, 0) is 0 Å². The second-order valence-electron chi connectivity index (χ2n) is 8.57. The molecule has 3 heterocycles. The van der Waals surface area contributed by atoms with Crippen molar-refractivity contribution < 1.29 is 22.5 Å². The van der Waals surface area contributed by atoms with E-state index < -0.39 is 23.8 Å². The van der Waals surface area contributed by atoms with E-state index >= 15 is 0 Å². The van der Waals surface area contributed by atoms with E-state index in [1.807, 2.05) is 18.2 Å². The van der Waals surface area contributed by atoms with Crippen molar-refractivity contribution in [3.8, 4) is 0 Å². The average Bonchev–Trinajstić information content (AvgIpc) is 3.43. The Morgan fingerprint density at radius 3 is 2.58 bits per heavy atom. The molecule has 8 nitrogen and oxygen atoms in total. The lowest BCUT2D eigenvalue weighted by Gasteiger charge is -2.36. The lowest BCUT2D eigenvalue weighted by molar-refractivity contribution is 0.0746. The highest BCUT2D eigenvalue weighted by molar-refractivity contribution is 5.94. The molecular formula is C25H23F3N6O2. The van der Waals surface area contributed by atoms with Gasteiger partial charge in [-0.3, -0.25) is 4.79 Å². The first kappa shape index (κ1) is 23.6. The summed E-state index contributed by atoms with van der Waals surface area (Å²) in [4.78, 5) is 16.5. The van der Waals surface area contributed by atoms with Crippen molar-refractivity contribution in [2.45, 2.75) is 19.4 Å². The van der Waals surface area contributed by atoms with Gasteiger partial charge in [-0.05, 0) is 25.1 Å². The van der Waals surface area contributed by atoms with Crippen LogP contribution in [0.4, 0.5) is 24.5 Å². The number of carbonyl (C=O) groups excluding carboxylic acids is 1. The highest BCUT2D eigenvalue weighted by atomic mass is 19.3. The van der Waals surface area contributed by atoms with Crippen molar-refractivity contribution in [1.29, 1.82) is 0 Å². The molecule has 1 aliphatic rings. The Morgan fingerprint density at radius 2 is 1.86 bits per heavy atom. The number of alkyl halides is 2. The molecule has 186 valence electrons. The molecule has 1 fully saturated rings. The fraction of sp³-hybridized carbons (Fsp3) is 0.280. The number of fused-ring (bicyclic) bond motifs is 1. The highest BCUT2D eigenvalue weighted by Crippen LogP contribution is 2.32. The Hall–Kier alpha value is -4.15. The summed E-state index contributed by atoms with van der Waals surface area (Å²) in [7, 11) is 0. The van der Waals surface area contributed by atoms with E-state index in [2.05, 4.69) is 25.6 Å². The van der Waals surface area contributed by atoms with Crippen molar-refractivity contribution in [1.82, 2.24) is 20.3 Å². The number of hydrogen-bond acceptors (Lipinski definition) is 7. The summed E-state index contributed by atoms with van der Waals surface area (Å²) in [6, 6.07) is 9.15. The molecule has 0 saturated carbocycles. The van der Waals surface area contributed by atoms with Gasteiger partial charge in [0.05, 0.1) is 40.8 Å². The van der Waals surface area contributed by atoms with E-state index in [-0.39, 0.29) is 11.5 Å². The number of aromatic nitrogens is 3. The Kier molecular flexibility index (Phi) is 6.45. The van der Waals surface area contributed by atoms with Gasteiger partial charge in [0, 0.05) is 42.8 Å². The Labute approximate surface area is 204 Å². The third-order valence-corrected chi connectivity index (χ3v) is 6.37. The van der Waals surface area contributed by atoms with Gasteiger partial charge in [0.15, 0.2) is 0 Å². The van der Waals surface area contributed by atoms with E-state index in [9.17, 15) is 18.0 Å². The van der Waals surface area contributed by atoms with Gasteiger partial charge in [-0.2, -0.15) is 10.2 Å². The van der Waals surface area contributed by atoms with Crippen molar-refractivity contribution in [3.05, 3.63) is 77.6 Å². The molecule has 0 spiro atoms. The number of benzene rings is 2. The summed E-state index contributed by atoms with van der Waals surface area (Å²) in [6.07, 6.45) is 1.39. The second-order valence-corrected chi connectivity index (χ2v) is 8.57. The first-order valence-corrected chi connectivity index (χ1v) is 11.4. The molecule has 1 saturated heterocycles. The molecule has 1 N–H and O–H groups in total. The summed E-state index contributed by atoms with van der Waals surface area (Å²) in [5.41, 5.74) is 2.13. The van der Waals surface area contributed by atoms with Crippen LogP contribution in [0.25, 0.3) is 10.9 Å². The third-order valence-electron chi connectivity index (χ3n) is 6.37. The van der Waals surface area contributed by atoms with E-state index in [0.717, 1.165) is 17.1 Å². The lowest BCUT2D eigenvalue weighted by atomic mass is 10.0. The average molecular weight is 496 g/mol. The zero-order valence-electron chi connectivity index (χ0n) is 19.4. The van der Waals surface area contributed by atoms with Crippen molar-refractivity contribution in [3.63, 3.8) is 0 Å². The minimum atomic E-state index is -2.89. The third kappa shape index (κ3) is 4.56. The number of nitrogens with one attached hydrogen (secondary N) is 1. The Morgan fingerprint density at radius 1 is 1.08 bits per heavy atom. The quantitative estimate of drug-likeness (QED) is 0.409. The molecule has 11 heteroatoms. The number of rotatable bonds is 6. The minimum Gasteiger partial charge on any atom is -0.377 e. The van der Waals surface area contributed by atoms with Crippen molar-refractivity contribution in [2.24, 2.45) is 0 Å². The molecule has 5 rings (SSSR count). The van der Waals surface area contributed by atoms with Crippen LogP contribution in [0.2, 0.25) is 0 Å². The largest absolute Gasteiger partial charge is 0.377 e. The lowest BCUT2D eigenvalue weighted by Crippen LogP contribution is -2.48. The predicted molar refractivity (Wildman–Crippen MR) is 128 cm³/mol. The van der Waals surface area contributed by atoms with E-state index in [0.29, 0.717) is 42.9 Å². The molecule has 1 atom stereocenters. The SMILES string of the molecule is C[C@@H](Nc1cnnc2ccc(N3CCN(C(=O)c4cnoc4)CC3)cc12)c1cccc(C(F)F)c1F. The zero-order valence-corrected chi connectivity index (χ0v) is 19.4. The first-order valence-electron chi connectivity index (χ1n) is 11.4. The topological polar surface area (TPSA) is 87.4 Å². The highest BCUT2D eigenvalue weighted by Gasteiger charge is 2.24. The molecule has 36 heavy (non-hydrogen) atoms. The van der Waals surface area contributed by atoms with Gasteiger partial charge in [-0.1, -0.05) is 23.4 Å². The molecule has 2 aromatic heterocycles. The molecular weight excluding hydrogens is 473 g/mol. The van der Waals surface area contributed by atoms with Crippen LogP contribution in [-0.4, -0.2) is 52.3 Å². The summed E-state index contributed by atoms with van der Waals surface area (Å²) in [5.74, 6) is -1.04. The fourth-order valence-electron chi connectivity index (χ4n) is 4.40. The van der Waals surface area contributed by atoms with Crippen LogP contribution >= 0.6 is 0 Å². The Bertz CT molecular complexity index is 1370. The molecule has 0 aliphatic carbocycles. The molecule has 4 aromatic rings. The van der Waals surface area contributed by atoms with Crippen molar-refractivity contribution in [2.75, 3.05) is 36.4 Å². The van der Waals surface area contributed by atoms with Crippen LogP contribution in [0, 0.1) is 5.82 Å². The van der Waals surface area contributed by atoms with Crippen LogP contribution in [0.15, 0.2) is 59.6 Å². The summed E-state index contributed by atoms with van der Waals surface area (Å²) >= 11 is 0. The summed E-state index contributed by atoms with van der Waals surface area (Å²) in [6.45, 7) is 4.05. The monoisotopic (exact) mass is 496 g/mol. The van der Waals surface area contributed by atoms with Gasteiger partial charge < -0.3 is 19.6 Å². The van der Waals surface area contributed by atoms with Crippen LogP contribution in [0.3, 0.4) is 0 Å². The van der Waals surface area contributed by atoms with E-state index in [1.54, 1.807) is 11.8 Å². The fourth-order valence-corrected chi connectivity index (χ4v) is 4.40. The van der Waals surface area contributed by atoms with Crippen LogP contribution in [0.5, 0.6) is 0 Å². The van der Waals surface area contributed by atoms with E-state index in [4.69, 9.17) is 4.52 Å². The summed E-state index contributed by atoms with van der Waals surface area (Å²) in [5, 5.41) is 15.8. The van der Waals surface area contributed by atoms with Gasteiger partial charge in [-0.25, -0.2) is 13.2 Å². The maximum absolute atomic E-state index is 14.7. The van der Waals surface area contributed by atoms with Gasteiger partial charge in [0.2, 0.25) is 0 Å². The molecule has 0 radical (unpaired) electrons. The van der Waals surface area contributed by atoms with Gasteiger partial charge >= 0.3 is 0 Å². The van der Waals surface area contributed by atoms with Crippen LogP contribution in [0.1, 0.15) is 40.9 Å². The molecule has 0 bridgehead atoms. The second kappa shape index (κ2) is 9.84. The maximum atomic E-state index is 14.7. The predicted octanol–water partition coefficient (Wildman–Crippen LogP) is 4.83. The molecule has 1 amide bonds. The maximum Gasteiger partial charge on any atom is 0.266 e. The minimum absolute atomic E-state index is 0.117. The molecule has 1 aliphatic heterocycles. The number of nitrogens with zero attached hydrogens (tertiary/aromatic N) is 5. The number of hydrogen-bond donors (Lipinski definition) is 1. The number of halogens is 3. The molecule has 0 unspecified atom stereocenters. The standard InChI is InChI=1S/C25H23F3N6O2/c1-15(18-3-2-4-19(23(18)26)24(27)28)31-22-13-29-32-21-6-5-17(11-20(21)22)33-7-9-34(10-8-33)25(35)16-12-30-36-14-16/h2-6,11-15,24H,7-10H2,1H3,(H,31,32)/t15-/m1/s1. The van der Waals surface area contributed by atoms with Crippen molar-refractivity contribution >= 4 is 28.2 Å². The van der Waals surface area contributed by atoms with E-state index in [1.165, 1.54) is 30.8 Å². The number of anilines is 2. The smallest absolute Gasteiger partial charge is 0.266 e. The number of piperazine rings is 1. The van der Waals surface area contributed by atoms with Crippen LogP contribution < -0.4 is 10.2 Å². The number of amides is 1. The van der Waals surface area contributed by atoms with Gasteiger partial charge in [-0.15, -0.1) is 0 Å². The van der Waals surface area contributed by atoms with Gasteiger partial charge in [0.1, 0.15) is 12.1 Å². The Balaban J connectivity index is 1.35.